The average Bonchev–Trinajstić information content (AvgIpc) is 3.02. The molecule has 2 aromatic heterocycles. The number of nitrogens with zero attached hydrogens (tertiary/aromatic N) is 4. The molecule has 130 valence electrons. The number of rotatable bonds is 4. The first kappa shape index (κ1) is 16.2. The number of ether oxygens (including phenoxy) is 1. The highest BCUT2D eigenvalue weighted by Gasteiger charge is 2.18. The van der Waals surface area contributed by atoms with Gasteiger partial charge in [-0.15, -0.1) is 0 Å². The molecule has 0 saturated carbocycles. The lowest BCUT2D eigenvalue weighted by atomic mass is 10.2. The molecule has 3 aromatic rings. The Balaban J connectivity index is 2.12. The number of imidazole rings is 1. The van der Waals surface area contributed by atoms with Crippen molar-refractivity contribution >= 4 is 28.5 Å². The number of nitro groups is 1. The Hall–Kier alpha value is -3.63. The van der Waals surface area contributed by atoms with Crippen molar-refractivity contribution in [1.82, 2.24) is 19.1 Å². The monoisotopic (exact) mass is 346 g/mol. The molecule has 0 saturated heterocycles. The van der Waals surface area contributed by atoms with Gasteiger partial charge in [-0.1, -0.05) is 0 Å². The number of aromatic amines is 1. The minimum atomic E-state index is -0.567. The molecule has 0 radical (unpaired) electrons. The van der Waals surface area contributed by atoms with Crippen LogP contribution < -0.4 is 21.3 Å². The zero-order chi connectivity index (χ0) is 18.3. The lowest BCUT2D eigenvalue weighted by Crippen LogP contribution is -2.36. The summed E-state index contributed by atoms with van der Waals surface area (Å²) < 4.78 is 7.13. The lowest BCUT2D eigenvalue weighted by Gasteiger charge is -2.05. The zero-order valence-electron chi connectivity index (χ0n) is 13.6. The first-order valence-corrected chi connectivity index (χ1v) is 7.08. The molecule has 2 N–H and O–H groups in total. The number of methoxy groups -OCH3 is 1. The molecule has 11 heteroatoms. The summed E-state index contributed by atoms with van der Waals surface area (Å²) in [6.45, 7) is 0. The molecule has 0 bridgehead atoms. The fourth-order valence-electron chi connectivity index (χ4n) is 2.41. The number of benzene rings is 1. The number of fused-ring (bicyclic) bond motifs is 1. The quantitative estimate of drug-likeness (QED) is 0.522. The number of hydrogen-bond acceptors (Lipinski definition) is 7. The Labute approximate surface area is 139 Å². The molecule has 0 atom stereocenters. The molecule has 11 nitrogen and oxygen atoms in total. The summed E-state index contributed by atoms with van der Waals surface area (Å²) in [4.78, 5) is 41.6. The van der Waals surface area contributed by atoms with Crippen molar-refractivity contribution in [1.29, 1.82) is 0 Å². The van der Waals surface area contributed by atoms with E-state index in [9.17, 15) is 19.7 Å². The van der Waals surface area contributed by atoms with Crippen LogP contribution in [0.15, 0.2) is 27.8 Å². The molecule has 0 aliphatic rings. The van der Waals surface area contributed by atoms with E-state index >= 15 is 0 Å². The van der Waals surface area contributed by atoms with E-state index in [2.05, 4.69) is 15.3 Å². The van der Waals surface area contributed by atoms with E-state index in [-0.39, 0.29) is 28.5 Å². The highest BCUT2D eigenvalue weighted by molar-refractivity contribution is 5.76. The third kappa shape index (κ3) is 2.60. The van der Waals surface area contributed by atoms with Crippen LogP contribution in [0.2, 0.25) is 0 Å². The van der Waals surface area contributed by atoms with E-state index in [0.717, 1.165) is 4.57 Å². The van der Waals surface area contributed by atoms with Gasteiger partial charge in [0.2, 0.25) is 5.95 Å². The van der Waals surface area contributed by atoms with Crippen molar-refractivity contribution in [2.75, 3.05) is 12.4 Å². The molecule has 0 aliphatic heterocycles. The molecule has 3 rings (SSSR count). The summed E-state index contributed by atoms with van der Waals surface area (Å²) in [5, 5.41) is 14.0. The van der Waals surface area contributed by atoms with Gasteiger partial charge in [-0.2, -0.15) is 4.98 Å². The van der Waals surface area contributed by atoms with E-state index in [1.807, 2.05) is 0 Å². The van der Waals surface area contributed by atoms with E-state index in [4.69, 9.17) is 4.74 Å². The fourth-order valence-corrected chi connectivity index (χ4v) is 2.41. The van der Waals surface area contributed by atoms with Crippen LogP contribution in [0.3, 0.4) is 0 Å². The second-order valence-corrected chi connectivity index (χ2v) is 5.25. The molecule has 1 aromatic carbocycles. The van der Waals surface area contributed by atoms with E-state index < -0.39 is 16.2 Å². The Morgan fingerprint density at radius 2 is 2.00 bits per heavy atom. The molecular formula is C14H14N6O5. The van der Waals surface area contributed by atoms with Gasteiger partial charge in [-0.25, -0.2) is 4.79 Å². The average molecular weight is 346 g/mol. The SMILES string of the molecule is COc1ccc(Nc2nc3c([nH]2)c(=O)n(C)c(=O)n3C)c([N+](=O)[O-])c1. The largest absolute Gasteiger partial charge is 0.496 e. The molecule has 2 heterocycles. The third-order valence-corrected chi connectivity index (χ3v) is 3.75. The number of nitro benzene ring substituents is 1. The summed E-state index contributed by atoms with van der Waals surface area (Å²) in [6, 6.07) is 4.27. The van der Waals surface area contributed by atoms with E-state index in [1.54, 1.807) is 6.07 Å². The Morgan fingerprint density at radius 1 is 1.28 bits per heavy atom. The number of aromatic nitrogens is 4. The molecule has 0 amide bonds. The maximum absolute atomic E-state index is 12.2. The van der Waals surface area contributed by atoms with Crippen LogP contribution in [0.5, 0.6) is 5.75 Å². The molecule has 0 spiro atoms. The summed E-state index contributed by atoms with van der Waals surface area (Å²) in [7, 11) is 4.23. The van der Waals surface area contributed by atoms with Crippen LogP contribution in [0, 0.1) is 10.1 Å². The second-order valence-electron chi connectivity index (χ2n) is 5.25. The van der Waals surface area contributed by atoms with Crippen LogP contribution in [0.1, 0.15) is 0 Å². The van der Waals surface area contributed by atoms with Gasteiger partial charge in [0.25, 0.3) is 11.2 Å². The van der Waals surface area contributed by atoms with Gasteiger partial charge in [0, 0.05) is 14.1 Å². The first-order valence-electron chi connectivity index (χ1n) is 7.08. The molecule has 0 fully saturated rings. The Bertz CT molecular complexity index is 1110. The molecule has 25 heavy (non-hydrogen) atoms. The number of anilines is 2. The summed E-state index contributed by atoms with van der Waals surface area (Å²) in [5.41, 5.74) is -0.864. The number of aryl methyl sites for hydroxylation is 1. The Morgan fingerprint density at radius 3 is 2.64 bits per heavy atom. The lowest BCUT2D eigenvalue weighted by molar-refractivity contribution is -0.384. The van der Waals surface area contributed by atoms with Crippen molar-refractivity contribution in [2.45, 2.75) is 0 Å². The summed E-state index contributed by atoms with van der Waals surface area (Å²) in [6.07, 6.45) is 0. The minimum absolute atomic E-state index is 0.0987. The second kappa shape index (κ2) is 5.78. The smallest absolute Gasteiger partial charge is 0.332 e. The van der Waals surface area contributed by atoms with Gasteiger partial charge in [-0.3, -0.25) is 24.0 Å². The maximum atomic E-state index is 12.2. The fraction of sp³-hybridized carbons (Fsp3) is 0.214. The molecule has 0 unspecified atom stereocenters. The van der Waals surface area contributed by atoms with Gasteiger partial charge in [0.15, 0.2) is 11.2 Å². The van der Waals surface area contributed by atoms with E-state index in [0.29, 0.717) is 5.75 Å². The van der Waals surface area contributed by atoms with Gasteiger partial charge in [0.1, 0.15) is 11.4 Å². The van der Waals surface area contributed by atoms with Gasteiger partial charge < -0.3 is 15.0 Å². The van der Waals surface area contributed by atoms with Gasteiger partial charge in [0.05, 0.1) is 18.1 Å². The first-order chi connectivity index (χ1) is 11.8. The number of nitrogens with one attached hydrogen (secondary N) is 2. The van der Waals surface area contributed by atoms with Crippen molar-refractivity contribution in [3.8, 4) is 5.75 Å². The number of hydrogen-bond donors (Lipinski definition) is 2. The third-order valence-electron chi connectivity index (χ3n) is 3.75. The normalized spacial score (nSPS) is 10.8. The van der Waals surface area contributed by atoms with Gasteiger partial charge in [-0.05, 0) is 12.1 Å². The zero-order valence-corrected chi connectivity index (χ0v) is 13.6. The molecule has 0 aliphatic carbocycles. The van der Waals surface area contributed by atoms with Crippen molar-refractivity contribution in [3.63, 3.8) is 0 Å². The number of H-pyrrole nitrogens is 1. The topological polar surface area (TPSA) is 137 Å². The predicted octanol–water partition coefficient (Wildman–Crippen LogP) is 0.621. The highest BCUT2D eigenvalue weighted by atomic mass is 16.6. The Kier molecular flexibility index (Phi) is 3.75. The van der Waals surface area contributed by atoms with Crippen molar-refractivity contribution in [3.05, 3.63) is 49.2 Å². The maximum Gasteiger partial charge on any atom is 0.332 e. The van der Waals surface area contributed by atoms with Crippen LogP contribution >= 0.6 is 0 Å². The molecular weight excluding hydrogens is 332 g/mol. The highest BCUT2D eigenvalue weighted by Crippen LogP contribution is 2.30. The van der Waals surface area contributed by atoms with Crippen LogP contribution in [0.4, 0.5) is 17.3 Å². The van der Waals surface area contributed by atoms with Crippen LogP contribution in [-0.4, -0.2) is 31.1 Å². The van der Waals surface area contributed by atoms with E-state index in [1.165, 1.54) is 37.9 Å². The predicted molar refractivity (Wildman–Crippen MR) is 89.5 cm³/mol. The summed E-state index contributed by atoms with van der Waals surface area (Å²) >= 11 is 0. The minimum Gasteiger partial charge on any atom is -0.496 e. The van der Waals surface area contributed by atoms with Crippen molar-refractivity contribution in [2.24, 2.45) is 14.1 Å². The van der Waals surface area contributed by atoms with Crippen LogP contribution in [0.25, 0.3) is 11.2 Å². The summed E-state index contributed by atoms with van der Waals surface area (Å²) in [5.74, 6) is 0.430. The van der Waals surface area contributed by atoms with Crippen molar-refractivity contribution < 1.29 is 9.66 Å². The van der Waals surface area contributed by atoms with Crippen LogP contribution in [-0.2, 0) is 14.1 Å². The van der Waals surface area contributed by atoms with Gasteiger partial charge >= 0.3 is 5.69 Å². The standard InChI is InChI=1S/C14H14N6O5/c1-18-11-10(12(21)19(2)14(18)22)16-13(17-11)15-8-5-4-7(25-3)6-9(8)20(23)24/h4-6H,1-3H3,(H2,15,16,17).